The van der Waals surface area contributed by atoms with E-state index >= 15 is 0 Å². The monoisotopic (exact) mass is 310 g/mol. The van der Waals surface area contributed by atoms with Gasteiger partial charge in [-0.1, -0.05) is 19.0 Å². The number of nitrogens with zero attached hydrogens (tertiary/aromatic N) is 4. The lowest BCUT2D eigenvalue weighted by molar-refractivity contribution is -0.142. The van der Waals surface area contributed by atoms with E-state index in [0.29, 0.717) is 37.2 Å². The summed E-state index contributed by atoms with van der Waals surface area (Å²) in [6.07, 6.45) is 0.636. The number of carbonyl (C=O) groups excluding carboxylic acids is 1. The Kier molecular flexibility index (Phi) is 5.90. The van der Waals surface area contributed by atoms with E-state index in [-0.39, 0.29) is 11.9 Å². The molecule has 7 nitrogen and oxygen atoms in total. The Morgan fingerprint density at radius 3 is 2.86 bits per heavy atom. The zero-order chi connectivity index (χ0) is 16.1. The van der Waals surface area contributed by atoms with Gasteiger partial charge in [0, 0.05) is 33.2 Å². The van der Waals surface area contributed by atoms with Gasteiger partial charge in [-0.2, -0.15) is 4.98 Å². The second kappa shape index (κ2) is 7.69. The summed E-state index contributed by atoms with van der Waals surface area (Å²) in [4.78, 5) is 20.8. The molecule has 1 aromatic heterocycles. The van der Waals surface area contributed by atoms with Crippen LogP contribution in [0.1, 0.15) is 32.5 Å². The molecule has 1 aromatic rings. The average Bonchev–Trinajstić information content (AvgIpc) is 2.92. The average molecular weight is 310 g/mol. The summed E-state index contributed by atoms with van der Waals surface area (Å²) in [5.41, 5.74) is 0. The summed E-state index contributed by atoms with van der Waals surface area (Å²) in [7, 11) is 1.64. The topological polar surface area (TPSA) is 71.7 Å². The second-order valence-electron chi connectivity index (χ2n) is 6.17. The Morgan fingerprint density at radius 1 is 1.41 bits per heavy atom. The minimum Gasteiger partial charge on any atom is -0.384 e. The lowest BCUT2D eigenvalue weighted by Gasteiger charge is -2.39. The third kappa shape index (κ3) is 4.27. The van der Waals surface area contributed by atoms with E-state index in [1.54, 1.807) is 7.11 Å². The molecule has 1 saturated heterocycles. The number of methoxy groups -OCH3 is 1. The van der Waals surface area contributed by atoms with Crippen molar-refractivity contribution in [2.24, 2.45) is 5.92 Å². The molecule has 1 aliphatic rings. The quantitative estimate of drug-likeness (QED) is 0.746. The van der Waals surface area contributed by atoms with Crippen LogP contribution in [0.2, 0.25) is 0 Å². The van der Waals surface area contributed by atoms with Gasteiger partial charge in [0.15, 0.2) is 5.82 Å². The maximum Gasteiger partial charge on any atom is 0.240 e. The van der Waals surface area contributed by atoms with Crippen molar-refractivity contribution in [2.45, 2.75) is 39.8 Å². The smallest absolute Gasteiger partial charge is 0.240 e. The molecule has 0 aliphatic carbocycles. The fraction of sp³-hybridized carbons (Fsp3) is 0.800. The first kappa shape index (κ1) is 16.9. The fourth-order valence-electron chi connectivity index (χ4n) is 2.63. The zero-order valence-electron chi connectivity index (χ0n) is 13.9. The van der Waals surface area contributed by atoms with Gasteiger partial charge >= 0.3 is 0 Å². The molecule has 7 heteroatoms. The number of ether oxygens (including phenoxy) is 1. The van der Waals surface area contributed by atoms with Crippen LogP contribution in [-0.4, -0.2) is 65.2 Å². The Morgan fingerprint density at radius 2 is 2.18 bits per heavy atom. The van der Waals surface area contributed by atoms with E-state index in [4.69, 9.17) is 9.26 Å². The number of piperazine rings is 1. The molecule has 1 fully saturated rings. The maximum atomic E-state index is 12.4. The van der Waals surface area contributed by atoms with Crippen LogP contribution < -0.4 is 0 Å². The lowest BCUT2D eigenvalue weighted by Crippen LogP contribution is -2.56. The molecule has 0 saturated carbocycles. The first-order chi connectivity index (χ1) is 10.5. The molecule has 0 bridgehead atoms. The Balaban J connectivity index is 1.91. The van der Waals surface area contributed by atoms with Crippen molar-refractivity contribution in [3.8, 4) is 0 Å². The molecule has 1 atom stereocenters. The lowest BCUT2D eigenvalue weighted by atomic mass is 10.1. The van der Waals surface area contributed by atoms with E-state index in [1.165, 1.54) is 0 Å². The maximum absolute atomic E-state index is 12.4. The number of hydrogen-bond donors (Lipinski definition) is 0. The number of carbonyl (C=O) groups is 1. The summed E-state index contributed by atoms with van der Waals surface area (Å²) >= 11 is 0. The van der Waals surface area contributed by atoms with Gasteiger partial charge in [0.05, 0.1) is 19.2 Å². The summed E-state index contributed by atoms with van der Waals surface area (Å²) < 4.78 is 10.3. The van der Waals surface area contributed by atoms with E-state index < -0.39 is 0 Å². The zero-order valence-corrected chi connectivity index (χ0v) is 13.9. The van der Waals surface area contributed by atoms with E-state index in [0.717, 1.165) is 19.6 Å². The molecule has 0 aromatic carbocycles. The van der Waals surface area contributed by atoms with Crippen molar-refractivity contribution in [1.82, 2.24) is 19.9 Å². The fourth-order valence-corrected chi connectivity index (χ4v) is 2.63. The number of aromatic nitrogens is 2. The molecule has 1 aliphatic heterocycles. The Hall–Kier alpha value is -1.47. The highest BCUT2D eigenvalue weighted by molar-refractivity contribution is 5.82. The van der Waals surface area contributed by atoms with Gasteiger partial charge in [-0.25, -0.2) is 0 Å². The predicted octanol–water partition coefficient (Wildman–Crippen LogP) is 0.947. The summed E-state index contributed by atoms with van der Waals surface area (Å²) in [5.74, 6) is 1.87. The summed E-state index contributed by atoms with van der Waals surface area (Å²) in [5, 5.41) is 3.93. The molecule has 0 N–H and O–H groups in total. The third-order valence-electron chi connectivity index (χ3n) is 3.84. The SMILES string of the molecule is COCCc1noc(CN2CCN(CC(C)C)C(=O)C2C)n1. The largest absolute Gasteiger partial charge is 0.384 e. The minimum atomic E-state index is -0.151. The number of hydrogen-bond acceptors (Lipinski definition) is 6. The van der Waals surface area contributed by atoms with Gasteiger partial charge in [-0.3, -0.25) is 9.69 Å². The van der Waals surface area contributed by atoms with Crippen LogP contribution >= 0.6 is 0 Å². The van der Waals surface area contributed by atoms with Crippen LogP contribution in [0.25, 0.3) is 0 Å². The first-order valence-electron chi connectivity index (χ1n) is 7.84. The van der Waals surface area contributed by atoms with E-state index in [1.807, 2.05) is 11.8 Å². The van der Waals surface area contributed by atoms with Crippen molar-refractivity contribution in [3.05, 3.63) is 11.7 Å². The molecular formula is C15H26N4O3. The van der Waals surface area contributed by atoms with Crippen molar-refractivity contribution in [1.29, 1.82) is 0 Å². The highest BCUT2D eigenvalue weighted by Crippen LogP contribution is 2.15. The first-order valence-corrected chi connectivity index (χ1v) is 7.84. The highest BCUT2D eigenvalue weighted by Gasteiger charge is 2.32. The molecule has 1 amide bonds. The molecule has 2 heterocycles. The second-order valence-corrected chi connectivity index (χ2v) is 6.17. The van der Waals surface area contributed by atoms with Crippen molar-refractivity contribution in [3.63, 3.8) is 0 Å². The van der Waals surface area contributed by atoms with Gasteiger partial charge in [0.25, 0.3) is 0 Å². The van der Waals surface area contributed by atoms with Gasteiger partial charge in [-0.15, -0.1) is 0 Å². The van der Waals surface area contributed by atoms with Crippen LogP contribution in [0.5, 0.6) is 0 Å². The number of amides is 1. The van der Waals surface area contributed by atoms with Crippen molar-refractivity contribution >= 4 is 5.91 Å². The van der Waals surface area contributed by atoms with Gasteiger partial charge in [-0.05, 0) is 12.8 Å². The van der Waals surface area contributed by atoms with Crippen LogP contribution in [-0.2, 0) is 22.5 Å². The van der Waals surface area contributed by atoms with E-state index in [2.05, 4.69) is 28.9 Å². The predicted molar refractivity (Wildman–Crippen MR) is 81.2 cm³/mol. The molecule has 124 valence electrons. The Labute approximate surface area is 131 Å². The van der Waals surface area contributed by atoms with Crippen molar-refractivity contribution < 1.29 is 14.1 Å². The van der Waals surface area contributed by atoms with Gasteiger partial charge in [0.1, 0.15) is 0 Å². The molecule has 22 heavy (non-hydrogen) atoms. The van der Waals surface area contributed by atoms with E-state index in [9.17, 15) is 4.79 Å². The summed E-state index contributed by atoms with van der Waals surface area (Å²) in [6.45, 7) is 9.69. The van der Waals surface area contributed by atoms with Crippen LogP contribution in [0, 0.1) is 5.92 Å². The number of rotatable bonds is 7. The summed E-state index contributed by atoms with van der Waals surface area (Å²) in [6, 6.07) is -0.151. The van der Waals surface area contributed by atoms with Crippen molar-refractivity contribution in [2.75, 3.05) is 33.4 Å². The molecule has 2 rings (SSSR count). The van der Waals surface area contributed by atoms with Crippen LogP contribution in [0.3, 0.4) is 0 Å². The molecule has 0 radical (unpaired) electrons. The molecule has 0 spiro atoms. The normalized spacial score (nSPS) is 20.1. The molecular weight excluding hydrogens is 284 g/mol. The van der Waals surface area contributed by atoms with Gasteiger partial charge in [0.2, 0.25) is 11.8 Å². The highest BCUT2D eigenvalue weighted by atomic mass is 16.5. The third-order valence-corrected chi connectivity index (χ3v) is 3.84. The Bertz CT molecular complexity index is 489. The van der Waals surface area contributed by atoms with Crippen LogP contribution in [0.15, 0.2) is 4.52 Å². The standard InChI is InChI=1S/C15H26N4O3/c1-11(2)9-19-7-6-18(12(3)15(19)20)10-14-16-13(17-22-14)5-8-21-4/h11-12H,5-10H2,1-4H3. The minimum absolute atomic E-state index is 0.151. The van der Waals surface area contributed by atoms with Crippen LogP contribution in [0.4, 0.5) is 0 Å². The molecule has 1 unspecified atom stereocenters. The van der Waals surface area contributed by atoms with Gasteiger partial charge < -0.3 is 14.2 Å².